The van der Waals surface area contributed by atoms with E-state index in [1.165, 1.54) is 10.4 Å². The molecule has 5 rings (SSSR count). The standard InChI is InChI=1S/C22H20N4OS/c27-17-8-11-26(12-9-17)21-18-13-19(15-5-2-1-3-6-15)28-22(18)25-20(24-21)16-7-4-10-23-14-16/h1-7,10,13-14,17,27H,8-9,11-12H2. The van der Waals surface area contributed by atoms with Crippen LogP contribution in [-0.2, 0) is 0 Å². The largest absolute Gasteiger partial charge is 0.393 e. The van der Waals surface area contributed by atoms with Crippen LogP contribution in [0.4, 0.5) is 5.82 Å². The van der Waals surface area contributed by atoms with E-state index in [2.05, 4.69) is 40.2 Å². The second-order valence-corrected chi connectivity index (χ2v) is 8.06. The smallest absolute Gasteiger partial charge is 0.164 e. The van der Waals surface area contributed by atoms with Gasteiger partial charge in [-0.3, -0.25) is 4.98 Å². The van der Waals surface area contributed by atoms with Crippen molar-refractivity contribution >= 4 is 27.4 Å². The van der Waals surface area contributed by atoms with Crippen LogP contribution in [0.2, 0.25) is 0 Å². The highest BCUT2D eigenvalue weighted by Crippen LogP contribution is 2.38. The number of nitrogens with zero attached hydrogens (tertiary/aromatic N) is 4. The Labute approximate surface area is 167 Å². The van der Waals surface area contributed by atoms with E-state index >= 15 is 0 Å². The highest BCUT2D eigenvalue weighted by Gasteiger charge is 2.22. The summed E-state index contributed by atoms with van der Waals surface area (Å²) in [4.78, 5) is 18.4. The highest BCUT2D eigenvalue weighted by molar-refractivity contribution is 7.22. The second-order valence-electron chi connectivity index (χ2n) is 7.03. The van der Waals surface area contributed by atoms with Crippen molar-refractivity contribution < 1.29 is 5.11 Å². The number of hydrogen-bond acceptors (Lipinski definition) is 6. The van der Waals surface area contributed by atoms with Gasteiger partial charge in [0.15, 0.2) is 5.82 Å². The fourth-order valence-corrected chi connectivity index (χ4v) is 4.63. The average molecular weight is 388 g/mol. The number of aromatic nitrogens is 3. The molecule has 3 aromatic heterocycles. The summed E-state index contributed by atoms with van der Waals surface area (Å²) in [6, 6.07) is 16.5. The van der Waals surface area contributed by atoms with Gasteiger partial charge in [-0.25, -0.2) is 9.97 Å². The number of hydrogen-bond donors (Lipinski definition) is 1. The fourth-order valence-electron chi connectivity index (χ4n) is 3.59. The van der Waals surface area contributed by atoms with Gasteiger partial charge in [-0.05, 0) is 36.6 Å². The van der Waals surface area contributed by atoms with Crippen LogP contribution >= 0.6 is 11.3 Å². The van der Waals surface area contributed by atoms with E-state index in [1.807, 2.05) is 18.2 Å². The second kappa shape index (κ2) is 7.30. The maximum atomic E-state index is 9.91. The molecular formula is C22H20N4OS. The molecule has 140 valence electrons. The van der Waals surface area contributed by atoms with E-state index in [4.69, 9.17) is 9.97 Å². The van der Waals surface area contributed by atoms with Crippen LogP contribution in [-0.4, -0.2) is 39.3 Å². The molecule has 0 radical (unpaired) electrons. The van der Waals surface area contributed by atoms with Gasteiger partial charge in [0.05, 0.1) is 11.5 Å². The average Bonchev–Trinajstić information content (AvgIpc) is 3.19. The third-order valence-electron chi connectivity index (χ3n) is 5.11. The van der Waals surface area contributed by atoms with Gasteiger partial charge in [-0.1, -0.05) is 30.3 Å². The lowest BCUT2D eigenvalue weighted by Gasteiger charge is -2.31. The van der Waals surface area contributed by atoms with Crippen molar-refractivity contribution in [3.8, 4) is 21.8 Å². The molecule has 0 spiro atoms. The lowest BCUT2D eigenvalue weighted by atomic mass is 10.1. The molecule has 1 aliphatic heterocycles. The minimum absolute atomic E-state index is 0.214. The maximum Gasteiger partial charge on any atom is 0.164 e. The maximum absolute atomic E-state index is 9.91. The molecule has 1 saturated heterocycles. The molecule has 0 aliphatic carbocycles. The zero-order valence-corrected chi connectivity index (χ0v) is 16.1. The van der Waals surface area contributed by atoms with Crippen molar-refractivity contribution in [3.05, 3.63) is 60.9 Å². The Morgan fingerprint density at radius 3 is 2.50 bits per heavy atom. The first kappa shape index (κ1) is 17.3. The Kier molecular flexibility index (Phi) is 4.50. The number of rotatable bonds is 3. The summed E-state index contributed by atoms with van der Waals surface area (Å²) in [5, 5.41) is 11.0. The van der Waals surface area contributed by atoms with Crippen LogP contribution in [0.5, 0.6) is 0 Å². The van der Waals surface area contributed by atoms with E-state index in [0.29, 0.717) is 5.82 Å². The highest BCUT2D eigenvalue weighted by atomic mass is 32.1. The van der Waals surface area contributed by atoms with Crippen molar-refractivity contribution in [1.29, 1.82) is 0 Å². The zero-order chi connectivity index (χ0) is 18.9. The van der Waals surface area contributed by atoms with Gasteiger partial charge < -0.3 is 10.0 Å². The third-order valence-corrected chi connectivity index (χ3v) is 6.19. The van der Waals surface area contributed by atoms with Gasteiger partial charge in [0.2, 0.25) is 0 Å². The molecule has 1 aliphatic rings. The summed E-state index contributed by atoms with van der Waals surface area (Å²) in [7, 11) is 0. The monoisotopic (exact) mass is 388 g/mol. The molecule has 4 heterocycles. The van der Waals surface area contributed by atoms with E-state index in [1.54, 1.807) is 23.7 Å². The molecule has 6 heteroatoms. The molecule has 0 bridgehead atoms. The van der Waals surface area contributed by atoms with Gasteiger partial charge in [-0.15, -0.1) is 11.3 Å². The Balaban J connectivity index is 1.67. The van der Waals surface area contributed by atoms with Crippen molar-refractivity contribution in [2.75, 3.05) is 18.0 Å². The molecule has 1 fully saturated rings. The molecule has 28 heavy (non-hydrogen) atoms. The van der Waals surface area contributed by atoms with Crippen molar-refractivity contribution in [2.24, 2.45) is 0 Å². The van der Waals surface area contributed by atoms with Gasteiger partial charge in [0.25, 0.3) is 0 Å². The number of aliphatic hydroxyl groups is 1. The van der Waals surface area contributed by atoms with Crippen molar-refractivity contribution in [3.63, 3.8) is 0 Å². The topological polar surface area (TPSA) is 62.1 Å². The van der Waals surface area contributed by atoms with Gasteiger partial charge >= 0.3 is 0 Å². The fraction of sp³-hybridized carbons (Fsp3) is 0.227. The number of aliphatic hydroxyl groups excluding tert-OH is 1. The quantitative estimate of drug-likeness (QED) is 0.564. The molecule has 0 atom stereocenters. The minimum atomic E-state index is -0.214. The molecule has 0 amide bonds. The summed E-state index contributed by atoms with van der Waals surface area (Å²) < 4.78 is 0. The van der Waals surface area contributed by atoms with Gasteiger partial charge in [-0.2, -0.15) is 0 Å². The minimum Gasteiger partial charge on any atom is -0.393 e. The summed E-state index contributed by atoms with van der Waals surface area (Å²) in [6.45, 7) is 1.60. The molecule has 0 unspecified atom stereocenters. The summed E-state index contributed by atoms with van der Waals surface area (Å²) in [5.74, 6) is 1.65. The summed E-state index contributed by atoms with van der Waals surface area (Å²) in [5.41, 5.74) is 2.10. The Bertz CT molecular complexity index is 1090. The molecule has 1 N–H and O–H groups in total. The summed E-state index contributed by atoms with van der Waals surface area (Å²) >= 11 is 1.69. The Morgan fingerprint density at radius 1 is 0.964 bits per heavy atom. The molecule has 0 saturated carbocycles. The number of anilines is 1. The predicted octanol–water partition coefficient (Wildman–Crippen LogP) is 4.38. The van der Waals surface area contributed by atoms with Gasteiger partial charge in [0, 0.05) is 35.9 Å². The van der Waals surface area contributed by atoms with Crippen LogP contribution in [0.1, 0.15) is 12.8 Å². The summed E-state index contributed by atoms with van der Waals surface area (Å²) in [6.07, 6.45) is 4.88. The Hall–Kier alpha value is -2.83. The first-order valence-electron chi connectivity index (χ1n) is 9.48. The van der Waals surface area contributed by atoms with Crippen LogP contribution in [0.15, 0.2) is 60.9 Å². The van der Waals surface area contributed by atoms with E-state index in [0.717, 1.165) is 47.5 Å². The van der Waals surface area contributed by atoms with E-state index in [9.17, 15) is 5.11 Å². The van der Waals surface area contributed by atoms with Gasteiger partial charge in [0.1, 0.15) is 10.6 Å². The number of benzene rings is 1. The molecule has 1 aromatic carbocycles. The lowest BCUT2D eigenvalue weighted by molar-refractivity contribution is 0.145. The number of piperidine rings is 1. The SMILES string of the molecule is OC1CCN(c2nc(-c3cccnc3)nc3sc(-c4ccccc4)cc23)CC1. The van der Waals surface area contributed by atoms with E-state index < -0.39 is 0 Å². The number of fused-ring (bicyclic) bond motifs is 1. The normalized spacial score (nSPS) is 15.2. The lowest BCUT2D eigenvalue weighted by Crippen LogP contribution is -2.36. The molecule has 4 aromatic rings. The zero-order valence-electron chi connectivity index (χ0n) is 15.3. The van der Waals surface area contributed by atoms with Crippen molar-refractivity contribution in [1.82, 2.24) is 15.0 Å². The first-order valence-corrected chi connectivity index (χ1v) is 10.3. The first-order chi connectivity index (χ1) is 13.8. The van der Waals surface area contributed by atoms with E-state index in [-0.39, 0.29) is 6.10 Å². The predicted molar refractivity (Wildman–Crippen MR) is 114 cm³/mol. The number of thiophene rings is 1. The van der Waals surface area contributed by atoms with Crippen LogP contribution in [0, 0.1) is 0 Å². The third kappa shape index (κ3) is 3.25. The van der Waals surface area contributed by atoms with Crippen LogP contribution in [0.25, 0.3) is 32.0 Å². The molecular weight excluding hydrogens is 368 g/mol. The molecule has 5 nitrogen and oxygen atoms in total. The van der Waals surface area contributed by atoms with Crippen LogP contribution in [0.3, 0.4) is 0 Å². The number of pyridine rings is 1. The van der Waals surface area contributed by atoms with Crippen LogP contribution < -0.4 is 4.90 Å². The van der Waals surface area contributed by atoms with Crippen molar-refractivity contribution in [2.45, 2.75) is 18.9 Å². The Morgan fingerprint density at radius 2 is 1.75 bits per heavy atom.